The fraction of sp³-hybridized carbons (Fsp3) is 0.429. The molecule has 5 heteroatoms. The highest BCUT2D eigenvalue weighted by molar-refractivity contribution is 9.11. The third-order valence-corrected chi connectivity index (χ3v) is 1.47. The fourth-order valence-corrected chi connectivity index (χ4v) is 1.01. The molecule has 68 valence electrons. The van der Waals surface area contributed by atoms with E-state index in [2.05, 4.69) is 27.8 Å². The second kappa shape index (κ2) is 4.92. The van der Waals surface area contributed by atoms with Crippen LogP contribution in [0.4, 0.5) is 0 Å². The molecule has 0 fully saturated rings. The average Bonchev–Trinajstić information content (AvgIpc) is 1.83. The average molecular weight is 235 g/mol. The van der Waals surface area contributed by atoms with E-state index in [1.165, 1.54) is 6.92 Å². The molecule has 0 radical (unpaired) electrons. The van der Waals surface area contributed by atoms with Crippen LogP contribution in [0, 0.1) is 0 Å². The Morgan fingerprint density at radius 2 is 2.17 bits per heavy atom. The molecule has 2 amide bonds. The number of hydrogen-bond acceptors (Lipinski definition) is 2. The van der Waals surface area contributed by atoms with E-state index in [1.807, 2.05) is 0 Å². The Balaban J connectivity index is 4.14. The Morgan fingerprint density at radius 1 is 1.67 bits per heavy atom. The molecule has 0 rings (SSSR count). The summed E-state index contributed by atoms with van der Waals surface area (Å²) in [5, 5.41) is 2.41. The van der Waals surface area contributed by atoms with Crippen molar-refractivity contribution in [3.8, 4) is 0 Å². The lowest BCUT2D eigenvalue weighted by Gasteiger charge is -2.12. The van der Waals surface area contributed by atoms with Crippen molar-refractivity contribution < 1.29 is 9.59 Å². The lowest BCUT2D eigenvalue weighted by atomic mass is 10.2. The standard InChI is InChI=1S/C7H11BrN2O2/c1-4(8)3-6(7(9)12)10-5(2)11/h6H,1,3H2,2H3,(H2,9,12)(H,10,11)/t6-/m0/s1. The number of halogens is 1. The van der Waals surface area contributed by atoms with Crippen LogP contribution in [0.2, 0.25) is 0 Å². The number of nitrogens with two attached hydrogens (primary N) is 1. The first-order valence-electron chi connectivity index (χ1n) is 3.33. The minimum absolute atomic E-state index is 0.285. The number of carbonyl (C=O) groups is 2. The third kappa shape index (κ3) is 4.90. The minimum Gasteiger partial charge on any atom is -0.368 e. The summed E-state index contributed by atoms with van der Waals surface area (Å²) in [6.07, 6.45) is 0.314. The van der Waals surface area contributed by atoms with Crippen molar-refractivity contribution >= 4 is 27.7 Å². The Morgan fingerprint density at radius 3 is 2.42 bits per heavy atom. The van der Waals surface area contributed by atoms with Crippen LogP contribution in [-0.2, 0) is 9.59 Å². The van der Waals surface area contributed by atoms with Crippen molar-refractivity contribution in [2.24, 2.45) is 5.73 Å². The van der Waals surface area contributed by atoms with E-state index in [4.69, 9.17) is 5.73 Å². The molecule has 0 aromatic rings. The summed E-state index contributed by atoms with van der Waals surface area (Å²) in [5.41, 5.74) is 5.02. The number of rotatable bonds is 4. The first-order chi connectivity index (χ1) is 5.43. The zero-order chi connectivity index (χ0) is 9.72. The van der Waals surface area contributed by atoms with Crippen molar-refractivity contribution in [2.75, 3.05) is 0 Å². The van der Waals surface area contributed by atoms with Gasteiger partial charge in [-0.15, -0.1) is 0 Å². The Hall–Kier alpha value is -0.840. The topological polar surface area (TPSA) is 72.2 Å². The van der Waals surface area contributed by atoms with Crippen molar-refractivity contribution in [2.45, 2.75) is 19.4 Å². The fourth-order valence-electron chi connectivity index (χ4n) is 0.690. The van der Waals surface area contributed by atoms with Gasteiger partial charge in [0.15, 0.2) is 0 Å². The molecule has 0 spiro atoms. The van der Waals surface area contributed by atoms with Crippen LogP contribution in [0.1, 0.15) is 13.3 Å². The first kappa shape index (κ1) is 11.2. The molecule has 0 aromatic carbocycles. The zero-order valence-corrected chi connectivity index (χ0v) is 8.35. The molecule has 0 aromatic heterocycles. The molecule has 0 unspecified atom stereocenters. The number of amides is 2. The van der Waals surface area contributed by atoms with Crippen molar-refractivity contribution in [3.63, 3.8) is 0 Å². The van der Waals surface area contributed by atoms with E-state index < -0.39 is 11.9 Å². The SMILES string of the molecule is C=C(Br)C[C@H](NC(C)=O)C(N)=O. The molecule has 0 aliphatic carbocycles. The molecule has 1 atom stereocenters. The van der Waals surface area contributed by atoms with E-state index in [0.29, 0.717) is 10.9 Å². The van der Waals surface area contributed by atoms with Gasteiger partial charge in [-0.3, -0.25) is 9.59 Å². The van der Waals surface area contributed by atoms with Gasteiger partial charge in [-0.2, -0.15) is 0 Å². The second-order valence-corrected chi connectivity index (χ2v) is 3.50. The summed E-state index contributed by atoms with van der Waals surface area (Å²) in [6.45, 7) is 4.87. The number of carbonyl (C=O) groups excluding carboxylic acids is 2. The molecule has 0 aliphatic heterocycles. The summed E-state index contributed by atoms with van der Waals surface area (Å²) in [4.78, 5) is 21.3. The largest absolute Gasteiger partial charge is 0.368 e. The normalized spacial score (nSPS) is 11.8. The molecular weight excluding hydrogens is 224 g/mol. The molecular formula is C7H11BrN2O2. The summed E-state index contributed by atoms with van der Waals surface area (Å²) in [5.74, 6) is -0.849. The van der Waals surface area contributed by atoms with Crippen molar-refractivity contribution in [1.29, 1.82) is 0 Å². The lowest BCUT2D eigenvalue weighted by molar-refractivity contribution is -0.126. The summed E-state index contributed by atoms with van der Waals surface area (Å²) >= 11 is 3.08. The second-order valence-electron chi connectivity index (χ2n) is 2.38. The number of primary amides is 1. The zero-order valence-electron chi connectivity index (χ0n) is 6.76. The summed E-state index contributed by atoms with van der Waals surface area (Å²) < 4.78 is 0.625. The van der Waals surface area contributed by atoms with Crippen LogP contribution >= 0.6 is 15.9 Å². The molecule has 0 saturated carbocycles. The predicted octanol–water partition coefficient (Wildman–Crippen LogP) is 0.275. The molecule has 0 heterocycles. The van der Waals surface area contributed by atoms with Gasteiger partial charge >= 0.3 is 0 Å². The lowest BCUT2D eigenvalue weighted by Crippen LogP contribution is -2.43. The highest BCUT2D eigenvalue weighted by Crippen LogP contribution is 2.09. The summed E-state index contributed by atoms with van der Waals surface area (Å²) in [7, 11) is 0. The van der Waals surface area contributed by atoms with Gasteiger partial charge in [-0.05, 0) is 4.48 Å². The van der Waals surface area contributed by atoms with E-state index in [-0.39, 0.29) is 5.91 Å². The van der Waals surface area contributed by atoms with Gasteiger partial charge in [-0.25, -0.2) is 0 Å². The maximum Gasteiger partial charge on any atom is 0.240 e. The van der Waals surface area contributed by atoms with Crippen LogP contribution < -0.4 is 11.1 Å². The molecule has 3 N–H and O–H groups in total. The highest BCUT2D eigenvalue weighted by atomic mass is 79.9. The summed E-state index contributed by atoms with van der Waals surface area (Å²) in [6, 6.07) is -0.672. The van der Waals surface area contributed by atoms with Gasteiger partial charge in [0, 0.05) is 13.3 Å². The van der Waals surface area contributed by atoms with Crippen molar-refractivity contribution in [1.82, 2.24) is 5.32 Å². The Labute approximate surface area is 79.3 Å². The van der Waals surface area contributed by atoms with Crippen LogP contribution in [-0.4, -0.2) is 17.9 Å². The van der Waals surface area contributed by atoms with Crippen LogP contribution in [0.15, 0.2) is 11.1 Å². The molecule has 0 aliphatic rings. The van der Waals surface area contributed by atoms with E-state index in [0.717, 1.165) is 0 Å². The van der Waals surface area contributed by atoms with Gasteiger partial charge in [0.05, 0.1) is 0 Å². The predicted molar refractivity (Wildman–Crippen MR) is 49.5 cm³/mol. The van der Waals surface area contributed by atoms with Gasteiger partial charge in [0.25, 0.3) is 0 Å². The molecule has 4 nitrogen and oxygen atoms in total. The number of hydrogen-bond donors (Lipinski definition) is 2. The van der Waals surface area contributed by atoms with Gasteiger partial charge in [0.2, 0.25) is 11.8 Å². The Bertz CT molecular complexity index is 199. The highest BCUT2D eigenvalue weighted by Gasteiger charge is 2.15. The van der Waals surface area contributed by atoms with Gasteiger partial charge < -0.3 is 11.1 Å². The Kier molecular flexibility index (Phi) is 4.58. The van der Waals surface area contributed by atoms with Crippen LogP contribution in [0.5, 0.6) is 0 Å². The van der Waals surface area contributed by atoms with Crippen molar-refractivity contribution in [3.05, 3.63) is 11.1 Å². The molecule has 0 saturated heterocycles. The maximum absolute atomic E-state index is 10.7. The monoisotopic (exact) mass is 234 g/mol. The first-order valence-corrected chi connectivity index (χ1v) is 4.12. The van der Waals surface area contributed by atoms with E-state index >= 15 is 0 Å². The molecule has 12 heavy (non-hydrogen) atoms. The van der Waals surface area contributed by atoms with E-state index in [9.17, 15) is 9.59 Å². The molecule has 0 bridgehead atoms. The number of nitrogens with one attached hydrogen (secondary N) is 1. The van der Waals surface area contributed by atoms with Crippen LogP contribution in [0.3, 0.4) is 0 Å². The quantitative estimate of drug-likeness (QED) is 0.734. The minimum atomic E-state index is -0.672. The van der Waals surface area contributed by atoms with Gasteiger partial charge in [0.1, 0.15) is 6.04 Å². The smallest absolute Gasteiger partial charge is 0.240 e. The van der Waals surface area contributed by atoms with Gasteiger partial charge in [-0.1, -0.05) is 22.5 Å². The van der Waals surface area contributed by atoms with E-state index in [1.54, 1.807) is 0 Å². The maximum atomic E-state index is 10.7. The van der Waals surface area contributed by atoms with Crippen LogP contribution in [0.25, 0.3) is 0 Å². The third-order valence-electron chi connectivity index (χ3n) is 1.15.